The first kappa shape index (κ1) is 8.61. The molecule has 0 N–H and O–H groups in total. The summed E-state index contributed by atoms with van der Waals surface area (Å²) in [6, 6.07) is 6.30. The van der Waals surface area contributed by atoms with E-state index in [1.165, 1.54) is 11.1 Å². The second kappa shape index (κ2) is 3.06. The van der Waals surface area contributed by atoms with Gasteiger partial charge in [0.05, 0.1) is 6.61 Å². The predicted molar refractivity (Wildman–Crippen MR) is 54.3 cm³/mol. The maximum Gasteiger partial charge on any atom is 0.123 e. The molecule has 0 spiro atoms. The molecule has 2 atom stereocenters. The van der Waals surface area contributed by atoms with E-state index in [9.17, 15) is 0 Å². The van der Waals surface area contributed by atoms with Gasteiger partial charge in [-0.1, -0.05) is 26.0 Å². The molecule has 1 heteroatoms. The minimum atomic E-state index is 0.630. The highest BCUT2D eigenvalue weighted by atomic mass is 16.5. The van der Waals surface area contributed by atoms with Gasteiger partial charge in [-0.2, -0.15) is 0 Å². The molecule has 1 nitrogen and oxygen atoms in total. The van der Waals surface area contributed by atoms with Crippen LogP contribution in [0, 0.1) is 12.8 Å². The average Bonchev–Trinajstić information content (AvgIpc) is 2.12. The summed E-state index contributed by atoms with van der Waals surface area (Å²) in [5.74, 6) is 2.35. The fraction of sp³-hybridized carbons (Fsp3) is 0.500. The van der Waals surface area contributed by atoms with Crippen LogP contribution in [0.2, 0.25) is 0 Å². The van der Waals surface area contributed by atoms with Crippen molar-refractivity contribution < 1.29 is 4.74 Å². The number of rotatable bonds is 0. The van der Waals surface area contributed by atoms with Crippen LogP contribution < -0.4 is 4.74 Å². The predicted octanol–water partition coefficient (Wildman–Crippen LogP) is 3.13. The molecule has 0 amide bonds. The van der Waals surface area contributed by atoms with E-state index in [2.05, 4.69) is 39.0 Å². The van der Waals surface area contributed by atoms with Crippen LogP contribution in [-0.2, 0) is 0 Å². The van der Waals surface area contributed by atoms with E-state index in [1.54, 1.807) is 0 Å². The van der Waals surface area contributed by atoms with E-state index in [4.69, 9.17) is 4.74 Å². The Labute approximate surface area is 79.7 Å². The Morgan fingerprint density at radius 2 is 2.08 bits per heavy atom. The van der Waals surface area contributed by atoms with Gasteiger partial charge in [-0.25, -0.2) is 0 Å². The number of fused-ring (bicyclic) bond motifs is 1. The summed E-state index contributed by atoms with van der Waals surface area (Å²) in [4.78, 5) is 0. The van der Waals surface area contributed by atoms with Crippen LogP contribution >= 0.6 is 0 Å². The van der Waals surface area contributed by atoms with Gasteiger partial charge in [0, 0.05) is 5.56 Å². The second-order valence-electron chi connectivity index (χ2n) is 4.06. The largest absolute Gasteiger partial charge is 0.493 e. The first-order valence-corrected chi connectivity index (χ1v) is 4.92. The van der Waals surface area contributed by atoms with Crippen LogP contribution in [0.25, 0.3) is 0 Å². The van der Waals surface area contributed by atoms with E-state index < -0.39 is 0 Å². The van der Waals surface area contributed by atoms with Gasteiger partial charge >= 0.3 is 0 Å². The molecule has 0 radical (unpaired) electrons. The van der Waals surface area contributed by atoms with Gasteiger partial charge in [0.25, 0.3) is 0 Å². The molecule has 70 valence electrons. The van der Waals surface area contributed by atoms with Crippen LogP contribution in [0.1, 0.15) is 30.9 Å². The number of aryl methyl sites for hydroxylation is 1. The average molecular weight is 176 g/mol. The van der Waals surface area contributed by atoms with Crippen molar-refractivity contribution in [1.82, 2.24) is 0 Å². The molecule has 0 aliphatic carbocycles. The standard InChI is InChI=1S/C12H16O/c1-8-5-4-6-11-12(8)10(3)9(2)7-13-11/h4-6,9-10H,7H2,1-3H3. The third kappa shape index (κ3) is 1.32. The first-order chi connectivity index (χ1) is 6.20. The van der Waals surface area contributed by atoms with Gasteiger partial charge < -0.3 is 4.74 Å². The summed E-state index contributed by atoms with van der Waals surface area (Å²) in [5.41, 5.74) is 2.76. The fourth-order valence-corrected chi connectivity index (χ4v) is 2.01. The lowest BCUT2D eigenvalue weighted by molar-refractivity contribution is 0.211. The highest BCUT2D eigenvalue weighted by molar-refractivity contribution is 5.43. The maximum absolute atomic E-state index is 5.69. The summed E-state index contributed by atoms with van der Waals surface area (Å²) in [6.45, 7) is 7.56. The van der Waals surface area contributed by atoms with Crippen molar-refractivity contribution in [3.63, 3.8) is 0 Å². The van der Waals surface area contributed by atoms with Crippen LogP contribution in [0.4, 0.5) is 0 Å². The Morgan fingerprint density at radius 3 is 2.85 bits per heavy atom. The molecule has 1 aliphatic rings. The van der Waals surface area contributed by atoms with Crippen LogP contribution in [0.3, 0.4) is 0 Å². The summed E-state index contributed by atoms with van der Waals surface area (Å²) < 4.78 is 5.69. The van der Waals surface area contributed by atoms with Gasteiger partial charge in [-0.3, -0.25) is 0 Å². The summed E-state index contributed by atoms with van der Waals surface area (Å²) in [6.07, 6.45) is 0. The molecule has 0 saturated carbocycles. The van der Waals surface area contributed by atoms with Crippen molar-refractivity contribution in [3.8, 4) is 5.75 Å². The molecule has 0 fully saturated rings. The van der Waals surface area contributed by atoms with Gasteiger partial charge in [-0.05, 0) is 30.4 Å². The molecule has 1 aromatic carbocycles. The number of benzene rings is 1. The van der Waals surface area contributed by atoms with Crippen molar-refractivity contribution in [2.24, 2.45) is 5.92 Å². The van der Waals surface area contributed by atoms with Gasteiger partial charge in [0.15, 0.2) is 0 Å². The van der Waals surface area contributed by atoms with Crippen LogP contribution in [0.15, 0.2) is 18.2 Å². The van der Waals surface area contributed by atoms with Crippen molar-refractivity contribution in [3.05, 3.63) is 29.3 Å². The summed E-state index contributed by atoms with van der Waals surface area (Å²) in [5, 5.41) is 0. The van der Waals surface area contributed by atoms with Crippen molar-refractivity contribution >= 4 is 0 Å². The lowest BCUT2D eigenvalue weighted by Crippen LogP contribution is -2.22. The molecule has 1 heterocycles. The van der Waals surface area contributed by atoms with E-state index in [0.29, 0.717) is 11.8 Å². The molecule has 2 rings (SSSR count). The minimum Gasteiger partial charge on any atom is -0.493 e. The smallest absolute Gasteiger partial charge is 0.123 e. The van der Waals surface area contributed by atoms with Crippen LogP contribution in [-0.4, -0.2) is 6.61 Å². The van der Waals surface area contributed by atoms with Gasteiger partial charge in [-0.15, -0.1) is 0 Å². The molecule has 0 saturated heterocycles. The number of hydrogen-bond acceptors (Lipinski definition) is 1. The van der Waals surface area contributed by atoms with E-state index in [1.807, 2.05) is 0 Å². The summed E-state index contributed by atoms with van der Waals surface area (Å²) in [7, 11) is 0. The fourth-order valence-electron chi connectivity index (χ4n) is 2.01. The minimum absolute atomic E-state index is 0.630. The Hall–Kier alpha value is -0.980. The first-order valence-electron chi connectivity index (χ1n) is 4.92. The number of hydrogen-bond donors (Lipinski definition) is 0. The molecular formula is C12H16O. The highest BCUT2D eigenvalue weighted by Gasteiger charge is 2.25. The Balaban J connectivity index is 2.51. The molecule has 0 aromatic heterocycles. The molecular weight excluding hydrogens is 160 g/mol. The van der Waals surface area contributed by atoms with E-state index >= 15 is 0 Å². The lowest BCUT2D eigenvalue weighted by Gasteiger charge is -2.30. The normalized spacial score (nSPS) is 26.4. The summed E-state index contributed by atoms with van der Waals surface area (Å²) >= 11 is 0. The number of ether oxygens (including phenoxy) is 1. The van der Waals surface area contributed by atoms with Crippen LogP contribution in [0.5, 0.6) is 5.75 Å². The van der Waals surface area contributed by atoms with Gasteiger partial charge in [0.2, 0.25) is 0 Å². The van der Waals surface area contributed by atoms with Gasteiger partial charge in [0.1, 0.15) is 5.75 Å². The third-order valence-corrected chi connectivity index (χ3v) is 3.09. The topological polar surface area (TPSA) is 9.23 Å². The quantitative estimate of drug-likeness (QED) is 0.590. The monoisotopic (exact) mass is 176 g/mol. The highest BCUT2D eigenvalue weighted by Crippen LogP contribution is 2.38. The Kier molecular flexibility index (Phi) is 2.03. The Bertz CT molecular complexity index is 317. The molecule has 0 bridgehead atoms. The third-order valence-electron chi connectivity index (χ3n) is 3.09. The van der Waals surface area contributed by atoms with E-state index in [-0.39, 0.29) is 0 Å². The Morgan fingerprint density at radius 1 is 1.31 bits per heavy atom. The zero-order chi connectivity index (χ0) is 9.42. The zero-order valence-corrected chi connectivity index (χ0v) is 8.50. The molecule has 13 heavy (non-hydrogen) atoms. The lowest BCUT2D eigenvalue weighted by atomic mass is 9.84. The zero-order valence-electron chi connectivity index (χ0n) is 8.50. The SMILES string of the molecule is Cc1cccc2c1C(C)C(C)CO2. The molecule has 2 unspecified atom stereocenters. The van der Waals surface area contributed by atoms with Crippen molar-refractivity contribution in [2.45, 2.75) is 26.7 Å². The van der Waals surface area contributed by atoms with E-state index in [0.717, 1.165) is 12.4 Å². The molecule has 1 aromatic rings. The maximum atomic E-state index is 5.69. The molecule has 1 aliphatic heterocycles. The van der Waals surface area contributed by atoms with Crippen molar-refractivity contribution in [1.29, 1.82) is 0 Å². The van der Waals surface area contributed by atoms with Crippen molar-refractivity contribution in [2.75, 3.05) is 6.61 Å². The second-order valence-corrected chi connectivity index (χ2v) is 4.06.